The predicted molar refractivity (Wildman–Crippen MR) is 92.0 cm³/mol. The van der Waals surface area contributed by atoms with Crippen LogP contribution in [0.4, 0.5) is 4.39 Å². The average Bonchev–Trinajstić information content (AvgIpc) is 3.27. The van der Waals surface area contributed by atoms with Gasteiger partial charge in [-0.25, -0.2) is 19.3 Å². The normalized spacial score (nSPS) is 11.5. The molecule has 0 aromatic carbocycles. The van der Waals surface area contributed by atoms with E-state index in [1.165, 1.54) is 0 Å². The van der Waals surface area contributed by atoms with Crippen LogP contribution < -0.4 is 0 Å². The minimum Gasteiger partial charge on any atom is -0.322 e. The van der Waals surface area contributed by atoms with Crippen molar-refractivity contribution >= 4 is 22.8 Å². The van der Waals surface area contributed by atoms with E-state index in [9.17, 15) is 4.39 Å². The molecule has 0 N–H and O–H groups in total. The number of aromatic nitrogens is 7. The maximum absolute atomic E-state index is 13.0. The third kappa shape index (κ3) is 2.78. The van der Waals surface area contributed by atoms with Gasteiger partial charge < -0.3 is 9.13 Å². The van der Waals surface area contributed by atoms with Crippen molar-refractivity contribution in [3.8, 4) is 11.5 Å². The maximum Gasteiger partial charge on any atom is 0.162 e. The highest BCUT2D eigenvalue weighted by molar-refractivity contribution is 6.32. The van der Waals surface area contributed by atoms with Crippen LogP contribution in [0.15, 0.2) is 36.9 Å². The molecule has 7 nitrogen and oxygen atoms in total. The lowest BCUT2D eigenvalue weighted by Crippen LogP contribution is -2.11. The summed E-state index contributed by atoms with van der Waals surface area (Å²) in [4.78, 5) is 13.3. The van der Waals surface area contributed by atoms with E-state index in [2.05, 4.69) is 20.1 Å². The van der Waals surface area contributed by atoms with Gasteiger partial charge in [0.25, 0.3) is 0 Å². The SMILES string of the molecule is Cn1cc(Cl)c(-c2nccn2Cc2nc3cccnc3n2CCF)n1. The van der Waals surface area contributed by atoms with Crippen LogP contribution in [0, 0.1) is 0 Å². The van der Waals surface area contributed by atoms with Gasteiger partial charge in [0, 0.05) is 31.8 Å². The van der Waals surface area contributed by atoms with E-state index in [4.69, 9.17) is 11.6 Å². The zero-order valence-electron chi connectivity index (χ0n) is 13.5. The molecule has 4 rings (SSSR count). The molecular weight excluding hydrogens is 345 g/mol. The molecule has 0 unspecified atom stereocenters. The summed E-state index contributed by atoms with van der Waals surface area (Å²) < 4.78 is 18.3. The molecule has 0 fully saturated rings. The summed E-state index contributed by atoms with van der Waals surface area (Å²) in [6.45, 7) is 0.133. The Morgan fingerprint density at radius 3 is 2.88 bits per heavy atom. The Kier molecular flexibility index (Phi) is 3.96. The summed E-state index contributed by atoms with van der Waals surface area (Å²) in [5.41, 5.74) is 2.01. The highest BCUT2D eigenvalue weighted by Crippen LogP contribution is 2.25. The third-order valence-electron chi connectivity index (χ3n) is 3.91. The monoisotopic (exact) mass is 359 g/mol. The zero-order chi connectivity index (χ0) is 17.4. The molecule has 0 atom stereocenters. The quantitative estimate of drug-likeness (QED) is 0.549. The van der Waals surface area contributed by atoms with Crippen molar-refractivity contribution in [3.63, 3.8) is 0 Å². The fourth-order valence-electron chi connectivity index (χ4n) is 2.86. The number of rotatable bonds is 5. The van der Waals surface area contributed by atoms with Crippen LogP contribution in [0.25, 0.3) is 22.7 Å². The van der Waals surface area contributed by atoms with Crippen molar-refractivity contribution < 1.29 is 4.39 Å². The fourth-order valence-corrected chi connectivity index (χ4v) is 3.13. The van der Waals surface area contributed by atoms with Gasteiger partial charge in [-0.15, -0.1) is 0 Å². The first-order chi connectivity index (χ1) is 12.2. The molecular formula is C16H15ClFN7. The number of hydrogen-bond donors (Lipinski definition) is 0. The van der Waals surface area contributed by atoms with Gasteiger partial charge in [-0.1, -0.05) is 11.6 Å². The van der Waals surface area contributed by atoms with E-state index >= 15 is 0 Å². The Hall–Kier alpha value is -2.74. The third-order valence-corrected chi connectivity index (χ3v) is 4.19. The highest BCUT2D eigenvalue weighted by atomic mass is 35.5. The van der Waals surface area contributed by atoms with E-state index in [0.717, 1.165) is 5.52 Å². The van der Waals surface area contributed by atoms with Crippen molar-refractivity contribution in [2.45, 2.75) is 13.1 Å². The van der Waals surface area contributed by atoms with Crippen molar-refractivity contribution in [2.75, 3.05) is 6.67 Å². The van der Waals surface area contributed by atoms with Crippen molar-refractivity contribution in [1.29, 1.82) is 0 Å². The molecule has 0 saturated carbocycles. The molecule has 0 aliphatic rings. The first kappa shape index (κ1) is 15.8. The molecule has 0 bridgehead atoms. The maximum atomic E-state index is 13.0. The van der Waals surface area contributed by atoms with E-state index in [1.54, 1.807) is 34.9 Å². The lowest BCUT2D eigenvalue weighted by Gasteiger charge is -2.09. The van der Waals surface area contributed by atoms with Crippen LogP contribution in [0.2, 0.25) is 5.02 Å². The first-order valence-electron chi connectivity index (χ1n) is 7.74. The largest absolute Gasteiger partial charge is 0.322 e. The second-order valence-electron chi connectivity index (χ2n) is 5.59. The minimum absolute atomic E-state index is 0.206. The number of aryl methyl sites for hydroxylation is 2. The molecule has 0 saturated heterocycles. The lowest BCUT2D eigenvalue weighted by molar-refractivity contribution is 0.441. The molecule has 4 aromatic heterocycles. The molecule has 9 heteroatoms. The average molecular weight is 360 g/mol. The topological polar surface area (TPSA) is 66.3 Å². The van der Waals surface area contributed by atoms with Gasteiger partial charge >= 0.3 is 0 Å². The van der Waals surface area contributed by atoms with Crippen LogP contribution in [-0.2, 0) is 20.1 Å². The van der Waals surface area contributed by atoms with E-state index in [-0.39, 0.29) is 6.54 Å². The summed E-state index contributed by atoms with van der Waals surface area (Å²) in [6.07, 6.45) is 6.91. The van der Waals surface area contributed by atoms with Crippen LogP contribution in [0.5, 0.6) is 0 Å². The van der Waals surface area contributed by atoms with Crippen LogP contribution >= 0.6 is 11.6 Å². The Morgan fingerprint density at radius 1 is 1.24 bits per heavy atom. The van der Waals surface area contributed by atoms with Crippen LogP contribution in [0.1, 0.15) is 5.82 Å². The number of halogens is 2. The highest BCUT2D eigenvalue weighted by Gasteiger charge is 2.17. The minimum atomic E-state index is -0.488. The van der Waals surface area contributed by atoms with E-state index < -0.39 is 6.67 Å². The van der Waals surface area contributed by atoms with Gasteiger partial charge in [0.2, 0.25) is 0 Å². The van der Waals surface area contributed by atoms with E-state index in [0.29, 0.717) is 34.6 Å². The molecule has 0 spiro atoms. The van der Waals surface area contributed by atoms with Gasteiger partial charge in [-0.05, 0) is 12.1 Å². The summed E-state index contributed by atoms with van der Waals surface area (Å²) in [6, 6.07) is 3.68. The molecule has 0 radical (unpaired) electrons. The molecule has 25 heavy (non-hydrogen) atoms. The number of imidazole rings is 2. The zero-order valence-corrected chi connectivity index (χ0v) is 14.2. The Bertz CT molecular complexity index is 1030. The number of nitrogens with zero attached hydrogens (tertiary/aromatic N) is 7. The van der Waals surface area contributed by atoms with Gasteiger partial charge in [0.15, 0.2) is 11.5 Å². The van der Waals surface area contributed by atoms with Crippen molar-refractivity contribution in [3.05, 3.63) is 47.8 Å². The molecule has 0 amide bonds. The van der Waals surface area contributed by atoms with Gasteiger partial charge in [-0.2, -0.15) is 5.10 Å². The first-order valence-corrected chi connectivity index (χ1v) is 8.12. The summed E-state index contributed by atoms with van der Waals surface area (Å²) in [7, 11) is 1.80. The smallest absolute Gasteiger partial charge is 0.162 e. The molecule has 0 aliphatic carbocycles. The molecule has 0 aliphatic heterocycles. The van der Waals surface area contributed by atoms with Gasteiger partial charge in [0.1, 0.15) is 23.7 Å². The standard InChI is InChI=1S/C16H15ClFN7/c1-23-9-11(17)14(22-23)16-20-6-8-24(16)10-13-21-12-3-2-5-19-15(12)25(13)7-4-18/h2-3,5-6,8-9H,4,7,10H2,1H3. The Morgan fingerprint density at radius 2 is 2.12 bits per heavy atom. The van der Waals surface area contributed by atoms with Crippen molar-refractivity contribution in [2.24, 2.45) is 7.05 Å². The second kappa shape index (κ2) is 6.29. The number of alkyl halides is 1. The lowest BCUT2D eigenvalue weighted by atomic mass is 10.4. The Balaban J connectivity index is 1.77. The molecule has 4 aromatic rings. The van der Waals surface area contributed by atoms with Gasteiger partial charge in [0.05, 0.1) is 18.1 Å². The van der Waals surface area contributed by atoms with Crippen molar-refractivity contribution in [1.82, 2.24) is 33.9 Å². The number of hydrogen-bond acceptors (Lipinski definition) is 4. The summed E-state index contributed by atoms with van der Waals surface area (Å²) >= 11 is 6.24. The van der Waals surface area contributed by atoms with E-state index in [1.807, 2.05) is 22.9 Å². The number of fused-ring (bicyclic) bond motifs is 1. The second-order valence-corrected chi connectivity index (χ2v) is 6.00. The Labute approximate surface area is 147 Å². The molecule has 128 valence electrons. The number of pyridine rings is 1. The predicted octanol–water partition coefficient (Wildman–Crippen LogP) is 2.70. The summed E-state index contributed by atoms with van der Waals surface area (Å²) in [5.74, 6) is 1.34. The van der Waals surface area contributed by atoms with Gasteiger partial charge in [-0.3, -0.25) is 4.68 Å². The fraction of sp³-hybridized carbons (Fsp3) is 0.250. The summed E-state index contributed by atoms with van der Waals surface area (Å²) in [5, 5.41) is 4.88. The molecule has 4 heterocycles. The van der Waals surface area contributed by atoms with Crippen LogP contribution in [0.3, 0.4) is 0 Å². The van der Waals surface area contributed by atoms with Crippen LogP contribution in [-0.4, -0.2) is 40.5 Å².